The van der Waals surface area contributed by atoms with Crippen LogP contribution in [0.1, 0.15) is 5.56 Å². The highest BCUT2D eigenvalue weighted by atomic mass is 16.1. The number of nitriles is 1. The van der Waals surface area contributed by atoms with Crippen molar-refractivity contribution in [3.8, 4) is 17.2 Å². The number of rotatable bonds is 5. The van der Waals surface area contributed by atoms with E-state index in [0.29, 0.717) is 5.56 Å². The molecule has 0 spiro atoms. The maximum atomic E-state index is 12.3. The van der Waals surface area contributed by atoms with Crippen LogP contribution in [0.15, 0.2) is 78.9 Å². The van der Waals surface area contributed by atoms with Gasteiger partial charge in [-0.25, -0.2) is 0 Å². The van der Waals surface area contributed by atoms with Crippen molar-refractivity contribution in [1.29, 1.82) is 5.26 Å². The van der Waals surface area contributed by atoms with Crippen LogP contribution in [-0.4, -0.2) is 12.5 Å². The second kappa shape index (κ2) is 7.80. The number of para-hydroxylation sites is 1. The van der Waals surface area contributed by atoms with E-state index in [1.165, 1.54) is 0 Å². The van der Waals surface area contributed by atoms with Crippen LogP contribution >= 0.6 is 0 Å². The van der Waals surface area contributed by atoms with E-state index in [4.69, 9.17) is 5.26 Å². The zero-order valence-electron chi connectivity index (χ0n) is 13.6. The van der Waals surface area contributed by atoms with E-state index in [1.54, 1.807) is 24.3 Å². The van der Waals surface area contributed by atoms with E-state index in [2.05, 4.69) is 16.7 Å². The molecule has 0 aliphatic carbocycles. The van der Waals surface area contributed by atoms with Crippen molar-refractivity contribution < 1.29 is 4.79 Å². The third kappa shape index (κ3) is 4.24. The molecule has 0 saturated carbocycles. The predicted molar refractivity (Wildman–Crippen MR) is 100 cm³/mol. The summed E-state index contributed by atoms with van der Waals surface area (Å²) in [6.07, 6.45) is 0. The minimum absolute atomic E-state index is 0.132. The fraction of sp³-hybridized carbons (Fsp3) is 0.0476. The molecule has 0 saturated heterocycles. The predicted octanol–water partition coefficient (Wildman–Crippen LogP) is 4.28. The highest BCUT2D eigenvalue weighted by molar-refractivity contribution is 5.97. The first-order valence-corrected chi connectivity index (χ1v) is 7.94. The van der Waals surface area contributed by atoms with Gasteiger partial charge in [0.05, 0.1) is 18.2 Å². The van der Waals surface area contributed by atoms with Crippen molar-refractivity contribution in [2.75, 3.05) is 17.2 Å². The van der Waals surface area contributed by atoms with E-state index in [-0.39, 0.29) is 12.5 Å². The van der Waals surface area contributed by atoms with Gasteiger partial charge in [0.25, 0.3) is 0 Å². The zero-order valence-corrected chi connectivity index (χ0v) is 13.6. The normalized spacial score (nSPS) is 9.88. The van der Waals surface area contributed by atoms with Crippen LogP contribution in [0.4, 0.5) is 11.4 Å². The lowest BCUT2D eigenvalue weighted by molar-refractivity contribution is -0.114. The number of hydrogen-bond acceptors (Lipinski definition) is 3. The third-order valence-electron chi connectivity index (χ3n) is 3.75. The van der Waals surface area contributed by atoms with Crippen molar-refractivity contribution in [3.05, 3.63) is 84.4 Å². The van der Waals surface area contributed by atoms with Gasteiger partial charge in [-0.15, -0.1) is 0 Å². The van der Waals surface area contributed by atoms with Gasteiger partial charge in [-0.2, -0.15) is 5.26 Å². The molecule has 2 N–H and O–H groups in total. The lowest BCUT2D eigenvalue weighted by Crippen LogP contribution is -2.22. The Morgan fingerprint density at radius 2 is 1.56 bits per heavy atom. The molecule has 0 unspecified atom stereocenters. The number of hydrogen-bond donors (Lipinski definition) is 2. The molecular formula is C21H17N3O. The highest BCUT2D eigenvalue weighted by Gasteiger charge is 2.08. The summed E-state index contributed by atoms with van der Waals surface area (Å²) in [5.74, 6) is -0.132. The summed E-state index contributed by atoms with van der Waals surface area (Å²) in [5, 5.41) is 14.8. The van der Waals surface area contributed by atoms with E-state index < -0.39 is 0 Å². The molecule has 0 fully saturated rings. The summed E-state index contributed by atoms with van der Waals surface area (Å²) in [7, 11) is 0. The van der Waals surface area contributed by atoms with Gasteiger partial charge in [-0.05, 0) is 35.9 Å². The van der Waals surface area contributed by atoms with Gasteiger partial charge in [0.15, 0.2) is 0 Å². The average molecular weight is 327 g/mol. The van der Waals surface area contributed by atoms with Crippen LogP contribution in [-0.2, 0) is 4.79 Å². The molecule has 0 aliphatic heterocycles. The van der Waals surface area contributed by atoms with Crippen LogP contribution in [0.5, 0.6) is 0 Å². The van der Waals surface area contributed by atoms with Crippen LogP contribution in [0.3, 0.4) is 0 Å². The smallest absolute Gasteiger partial charge is 0.243 e. The summed E-state index contributed by atoms with van der Waals surface area (Å²) in [4.78, 5) is 12.3. The van der Waals surface area contributed by atoms with Gasteiger partial charge in [-0.3, -0.25) is 4.79 Å². The minimum atomic E-state index is -0.132. The summed E-state index contributed by atoms with van der Waals surface area (Å²) in [5.41, 5.74) is 4.20. The highest BCUT2D eigenvalue weighted by Crippen LogP contribution is 2.27. The van der Waals surface area contributed by atoms with Crippen molar-refractivity contribution >= 4 is 17.3 Å². The number of nitrogens with one attached hydrogen (secondary N) is 2. The topological polar surface area (TPSA) is 64.9 Å². The lowest BCUT2D eigenvalue weighted by atomic mass is 10.0. The Morgan fingerprint density at radius 3 is 2.28 bits per heavy atom. The van der Waals surface area contributed by atoms with Gasteiger partial charge in [0.2, 0.25) is 5.91 Å². The van der Waals surface area contributed by atoms with Gasteiger partial charge < -0.3 is 10.6 Å². The minimum Gasteiger partial charge on any atom is -0.376 e. The quantitative estimate of drug-likeness (QED) is 0.735. The second-order valence-electron chi connectivity index (χ2n) is 5.50. The third-order valence-corrected chi connectivity index (χ3v) is 3.75. The zero-order chi connectivity index (χ0) is 17.5. The van der Waals surface area contributed by atoms with Crippen molar-refractivity contribution in [2.45, 2.75) is 0 Å². The fourth-order valence-corrected chi connectivity index (χ4v) is 2.50. The van der Waals surface area contributed by atoms with Crippen molar-refractivity contribution in [1.82, 2.24) is 0 Å². The van der Waals surface area contributed by atoms with Crippen LogP contribution < -0.4 is 10.6 Å². The number of anilines is 2. The first-order chi connectivity index (χ1) is 12.3. The number of benzene rings is 3. The maximum Gasteiger partial charge on any atom is 0.243 e. The van der Waals surface area contributed by atoms with Crippen LogP contribution in [0, 0.1) is 11.3 Å². The SMILES string of the molecule is N#Cc1ccc(NCC(=O)Nc2ccccc2-c2ccccc2)cc1. The molecule has 25 heavy (non-hydrogen) atoms. The molecule has 0 aliphatic rings. The maximum absolute atomic E-state index is 12.3. The molecule has 0 radical (unpaired) electrons. The number of amides is 1. The summed E-state index contributed by atoms with van der Waals surface area (Å²) < 4.78 is 0. The molecule has 122 valence electrons. The molecule has 0 aromatic heterocycles. The van der Waals surface area contributed by atoms with E-state index in [0.717, 1.165) is 22.5 Å². The molecule has 3 aromatic carbocycles. The van der Waals surface area contributed by atoms with Gasteiger partial charge >= 0.3 is 0 Å². The number of nitrogens with zero attached hydrogens (tertiary/aromatic N) is 1. The average Bonchev–Trinajstić information content (AvgIpc) is 2.68. The van der Waals surface area contributed by atoms with Crippen LogP contribution in [0.25, 0.3) is 11.1 Å². The Bertz CT molecular complexity index is 896. The van der Waals surface area contributed by atoms with Gasteiger partial charge in [-0.1, -0.05) is 48.5 Å². The second-order valence-corrected chi connectivity index (χ2v) is 5.50. The fourth-order valence-electron chi connectivity index (χ4n) is 2.50. The largest absolute Gasteiger partial charge is 0.376 e. The van der Waals surface area contributed by atoms with E-state index in [9.17, 15) is 4.79 Å². The molecule has 4 heteroatoms. The molecule has 0 heterocycles. The van der Waals surface area contributed by atoms with E-state index in [1.807, 2.05) is 54.6 Å². The summed E-state index contributed by atoms with van der Waals surface area (Å²) in [6, 6.07) is 26.7. The lowest BCUT2D eigenvalue weighted by Gasteiger charge is -2.12. The molecule has 3 rings (SSSR count). The Hall–Kier alpha value is -3.58. The van der Waals surface area contributed by atoms with Crippen molar-refractivity contribution in [3.63, 3.8) is 0 Å². The Morgan fingerprint density at radius 1 is 0.880 bits per heavy atom. The molecule has 0 bridgehead atoms. The first-order valence-electron chi connectivity index (χ1n) is 7.94. The summed E-state index contributed by atoms with van der Waals surface area (Å²) in [6.45, 7) is 0.148. The van der Waals surface area contributed by atoms with Crippen molar-refractivity contribution in [2.24, 2.45) is 0 Å². The summed E-state index contributed by atoms with van der Waals surface area (Å²) >= 11 is 0. The monoisotopic (exact) mass is 327 g/mol. The number of carbonyl (C=O) groups is 1. The number of carbonyl (C=O) groups excluding carboxylic acids is 1. The van der Waals surface area contributed by atoms with Crippen LogP contribution in [0.2, 0.25) is 0 Å². The standard InChI is InChI=1S/C21H17N3O/c22-14-16-10-12-18(13-11-16)23-15-21(25)24-20-9-5-4-8-19(20)17-6-2-1-3-7-17/h1-13,23H,15H2,(H,24,25). The Labute approximate surface area is 146 Å². The van der Waals surface area contributed by atoms with Gasteiger partial charge in [0, 0.05) is 16.9 Å². The Kier molecular flexibility index (Phi) is 5.08. The van der Waals surface area contributed by atoms with E-state index >= 15 is 0 Å². The molecular weight excluding hydrogens is 310 g/mol. The van der Waals surface area contributed by atoms with Gasteiger partial charge in [0.1, 0.15) is 0 Å². The molecule has 0 atom stereocenters. The first kappa shape index (κ1) is 16.3. The molecule has 1 amide bonds. The molecule has 4 nitrogen and oxygen atoms in total. The molecule has 3 aromatic rings. The Balaban J connectivity index is 1.66.